The molecule has 0 unspecified atom stereocenters. The first-order valence-corrected chi connectivity index (χ1v) is 17.2. The SMILES string of the molecule is Cc1cc(-c2ccc(N=Nc3ccc(N)c4ccc(S(=O)(=O)O)cc34)c(C)c2)ccc1N=Nc1ccc(N)c2ccc(S(=O)(=O)O)cc12. The predicted octanol–water partition coefficient (Wildman–Crippen LogP) is 8.77. The van der Waals surface area contributed by atoms with Crippen LogP contribution in [0, 0.1) is 13.8 Å². The summed E-state index contributed by atoms with van der Waals surface area (Å²) in [6, 6.07) is 26.2. The molecule has 0 heterocycles. The number of benzene rings is 6. The Morgan fingerprint density at radius 1 is 0.458 bits per heavy atom. The van der Waals surface area contributed by atoms with Gasteiger partial charge < -0.3 is 11.5 Å². The number of hydrogen-bond donors (Lipinski definition) is 4. The molecule has 0 aromatic heterocycles. The fraction of sp³-hybridized carbons (Fsp3) is 0.0588. The second kappa shape index (κ2) is 12.2. The molecule has 14 heteroatoms. The average Bonchev–Trinajstić information content (AvgIpc) is 3.04. The van der Waals surface area contributed by atoms with Crippen molar-refractivity contribution in [2.75, 3.05) is 11.5 Å². The lowest BCUT2D eigenvalue weighted by Gasteiger charge is -2.09. The van der Waals surface area contributed by atoms with E-state index in [1.807, 2.05) is 50.2 Å². The van der Waals surface area contributed by atoms with E-state index in [-0.39, 0.29) is 9.79 Å². The van der Waals surface area contributed by atoms with Crippen LogP contribution in [0.2, 0.25) is 0 Å². The molecule has 48 heavy (non-hydrogen) atoms. The van der Waals surface area contributed by atoms with E-state index in [9.17, 15) is 25.9 Å². The van der Waals surface area contributed by atoms with Gasteiger partial charge in [-0.05, 0) is 109 Å². The number of hydrogen-bond acceptors (Lipinski definition) is 10. The Labute approximate surface area is 276 Å². The number of anilines is 2. The Hall–Kier alpha value is -5.54. The van der Waals surface area contributed by atoms with Crippen LogP contribution in [0.15, 0.2) is 127 Å². The maximum Gasteiger partial charge on any atom is 0.294 e. The molecule has 0 saturated carbocycles. The van der Waals surface area contributed by atoms with E-state index >= 15 is 0 Å². The minimum absolute atomic E-state index is 0.270. The number of rotatable bonds is 7. The lowest BCUT2D eigenvalue weighted by Crippen LogP contribution is -1.98. The van der Waals surface area contributed by atoms with Crippen LogP contribution in [-0.2, 0) is 20.2 Å². The molecule has 6 aromatic carbocycles. The van der Waals surface area contributed by atoms with E-state index in [1.165, 1.54) is 36.4 Å². The Kier molecular flexibility index (Phi) is 8.26. The van der Waals surface area contributed by atoms with E-state index in [2.05, 4.69) is 20.5 Å². The van der Waals surface area contributed by atoms with Crippen molar-refractivity contribution in [2.24, 2.45) is 20.5 Å². The average molecular weight is 681 g/mol. The summed E-state index contributed by atoms with van der Waals surface area (Å²) in [5, 5.41) is 19.6. The highest BCUT2D eigenvalue weighted by Crippen LogP contribution is 2.37. The molecule has 0 aliphatic carbocycles. The molecule has 0 radical (unpaired) electrons. The largest absolute Gasteiger partial charge is 0.398 e. The number of aryl methyl sites for hydroxylation is 2. The number of azo groups is 2. The van der Waals surface area contributed by atoms with Gasteiger partial charge in [0, 0.05) is 32.9 Å². The van der Waals surface area contributed by atoms with E-state index in [0.717, 1.165) is 22.3 Å². The minimum atomic E-state index is -4.42. The van der Waals surface area contributed by atoms with Crippen molar-refractivity contribution >= 4 is 75.9 Å². The highest BCUT2D eigenvalue weighted by molar-refractivity contribution is 7.86. The Bertz CT molecular complexity index is 2390. The Morgan fingerprint density at radius 2 is 0.812 bits per heavy atom. The zero-order valence-corrected chi connectivity index (χ0v) is 27.2. The predicted molar refractivity (Wildman–Crippen MR) is 186 cm³/mol. The maximum atomic E-state index is 11.7. The van der Waals surface area contributed by atoms with Crippen molar-refractivity contribution in [3.63, 3.8) is 0 Å². The third-order valence-corrected chi connectivity index (χ3v) is 9.55. The van der Waals surface area contributed by atoms with Gasteiger partial charge in [-0.2, -0.15) is 27.1 Å². The number of fused-ring (bicyclic) bond motifs is 2. The lowest BCUT2D eigenvalue weighted by atomic mass is 10.0. The molecule has 0 fully saturated rings. The third kappa shape index (κ3) is 6.50. The Morgan fingerprint density at radius 3 is 1.17 bits per heavy atom. The van der Waals surface area contributed by atoms with Crippen LogP contribution in [0.1, 0.15) is 11.1 Å². The fourth-order valence-corrected chi connectivity index (χ4v) is 6.29. The normalized spacial score (nSPS) is 12.5. The zero-order chi connectivity index (χ0) is 34.4. The van der Waals surface area contributed by atoms with E-state index < -0.39 is 20.2 Å². The van der Waals surface area contributed by atoms with Crippen LogP contribution in [0.4, 0.5) is 34.1 Å². The van der Waals surface area contributed by atoms with Gasteiger partial charge in [0.2, 0.25) is 0 Å². The summed E-state index contributed by atoms with van der Waals surface area (Å²) >= 11 is 0. The summed E-state index contributed by atoms with van der Waals surface area (Å²) in [4.78, 5) is -0.540. The summed E-state index contributed by atoms with van der Waals surface area (Å²) in [6.07, 6.45) is 0. The van der Waals surface area contributed by atoms with Crippen molar-refractivity contribution in [3.05, 3.63) is 108 Å². The van der Waals surface area contributed by atoms with Gasteiger partial charge >= 0.3 is 0 Å². The van der Waals surface area contributed by atoms with Crippen LogP contribution in [0.5, 0.6) is 0 Å². The highest BCUT2D eigenvalue weighted by atomic mass is 32.2. The third-order valence-electron chi connectivity index (χ3n) is 7.85. The molecular formula is C34H28N6O6S2. The smallest absolute Gasteiger partial charge is 0.294 e. The van der Waals surface area contributed by atoms with Gasteiger partial charge in [0.05, 0.1) is 32.5 Å². The van der Waals surface area contributed by atoms with Gasteiger partial charge in [-0.15, -0.1) is 10.2 Å². The lowest BCUT2D eigenvalue weighted by molar-refractivity contribution is 0.481. The van der Waals surface area contributed by atoms with Crippen LogP contribution in [-0.4, -0.2) is 25.9 Å². The molecule has 0 spiro atoms. The van der Waals surface area contributed by atoms with Crippen molar-refractivity contribution in [1.82, 2.24) is 0 Å². The van der Waals surface area contributed by atoms with Crippen molar-refractivity contribution in [2.45, 2.75) is 23.6 Å². The van der Waals surface area contributed by atoms with Crippen molar-refractivity contribution in [3.8, 4) is 11.1 Å². The first-order chi connectivity index (χ1) is 22.7. The Balaban J connectivity index is 1.27. The summed E-state index contributed by atoms with van der Waals surface area (Å²) in [5.41, 5.74) is 18.5. The molecule has 0 saturated heterocycles. The van der Waals surface area contributed by atoms with Crippen LogP contribution >= 0.6 is 0 Å². The first-order valence-electron chi connectivity index (χ1n) is 14.3. The van der Waals surface area contributed by atoms with Gasteiger partial charge in [0.25, 0.3) is 20.2 Å². The van der Waals surface area contributed by atoms with E-state index in [1.54, 1.807) is 24.3 Å². The second-order valence-corrected chi connectivity index (χ2v) is 14.0. The van der Waals surface area contributed by atoms with Crippen LogP contribution in [0.25, 0.3) is 32.7 Å². The van der Waals surface area contributed by atoms with Crippen molar-refractivity contribution < 1.29 is 25.9 Å². The highest BCUT2D eigenvalue weighted by Gasteiger charge is 2.15. The molecule has 6 aromatic rings. The van der Waals surface area contributed by atoms with Gasteiger partial charge in [-0.25, -0.2) is 0 Å². The summed E-state index contributed by atoms with van der Waals surface area (Å²) in [7, 11) is -8.84. The number of nitrogen functional groups attached to an aromatic ring is 2. The molecule has 6 N–H and O–H groups in total. The van der Waals surface area contributed by atoms with Gasteiger partial charge in [-0.1, -0.05) is 24.3 Å². The molecular weight excluding hydrogens is 653 g/mol. The van der Waals surface area contributed by atoms with Gasteiger partial charge in [-0.3, -0.25) is 9.11 Å². The standard InChI is InChI=1S/C34H28N6O6S2/c1-19-15-21(3-11-31(19)37-39-33-13-9-29(35)25-7-5-23(17-27(25)33)47(41,42)43)22-4-12-32(20(2)16-22)38-40-34-14-10-30(36)26-8-6-24(18-28(26)34)48(44,45)46/h3-18H,35-36H2,1-2H3,(H,41,42,43)(H,44,45,46). The zero-order valence-electron chi connectivity index (χ0n) is 25.5. The quantitative estimate of drug-likeness (QED) is 0.0725. The molecule has 0 atom stereocenters. The van der Waals surface area contributed by atoms with Crippen LogP contribution < -0.4 is 11.5 Å². The molecule has 242 valence electrons. The number of nitrogens with zero attached hydrogens (tertiary/aromatic N) is 4. The molecule has 0 aliphatic rings. The minimum Gasteiger partial charge on any atom is -0.398 e. The summed E-state index contributed by atoms with van der Waals surface area (Å²) < 4.78 is 65.8. The topological polar surface area (TPSA) is 210 Å². The first kappa shape index (κ1) is 32.4. The molecule has 12 nitrogen and oxygen atoms in total. The molecule has 6 rings (SSSR count). The summed E-state index contributed by atoms with van der Waals surface area (Å²) in [5.74, 6) is 0. The van der Waals surface area contributed by atoms with Crippen molar-refractivity contribution in [1.29, 1.82) is 0 Å². The van der Waals surface area contributed by atoms with Gasteiger partial charge in [0.15, 0.2) is 0 Å². The number of nitrogens with two attached hydrogens (primary N) is 2. The van der Waals surface area contributed by atoms with Gasteiger partial charge in [0.1, 0.15) is 0 Å². The van der Waals surface area contributed by atoms with E-state index in [0.29, 0.717) is 55.7 Å². The molecule has 0 aliphatic heterocycles. The summed E-state index contributed by atoms with van der Waals surface area (Å²) in [6.45, 7) is 3.80. The molecule has 0 bridgehead atoms. The fourth-order valence-electron chi connectivity index (χ4n) is 5.28. The molecule has 0 amide bonds. The van der Waals surface area contributed by atoms with Crippen LogP contribution in [0.3, 0.4) is 0 Å². The maximum absolute atomic E-state index is 11.7. The monoisotopic (exact) mass is 680 g/mol. The second-order valence-electron chi connectivity index (χ2n) is 11.1. The van der Waals surface area contributed by atoms with E-state index in [4.69, 9.17) is 11.5 Å².